The molecule has 15 nitrogen and oxygen atoms in total. The molecule has 292 valence electrons. The van der Waals surface area contributed by atoms with Crippen molar-refractivity contribution in [1.29, 1.82) is 0 Å². The van der Waals surface area contributed by atoms with E-state index in [2.05, 4.69) is 5.32 Å². The Morgan fingerprint density at radius 2 is 1.18 bits per heavy atom. The zero-order chi connectivity index (χ0) is 39.7. The van der Waals surface area contributed by atoms with Gasteiger partial charge in [0.15, 0.2) is 30.1 Å². The maximum atomic E-state index is 13.8. The SMILES string of the molecule is CC(=O)OC[C@H]1O[C@@H](OC[C@](C)(NC(=O)OCC2c3ccccc3-c3ccccc32)C(=O)OCc2ccccc2)[C@H](OC(C)=O)[C@@H](OC(C)=O)[C@@H]1OC(C)=O. The number of fused-ring (bicyclic) bond motifs is 3. The molecule has 0 radical (unpaired) electrons. The number of rotatable bonds is 14. The van der Waals surface area contributed by atoms with Gasteiger partial charge in [-0.05, 0) is 34.7 Å². The van der Waals surface area contributed by atoms with Gasteiger partial charge in [0.2, 0.25) is 0 Å². The van der Waals surface area contributed by atoms with Crippen LogP contribution in [0, 0.1) is 0 Å². The van der Waals surface area contributed by atoms with Crippen LogP contribution < -0.4 is 5.32 Å². The van der Waals surface area contributed by atoms with Crippen molar-refractivity contribution in [1.82, 2.24) is 5.32 Å². The fraction of sp³-hybridized carbons (Fsp3) is 0.400. The highest BCUT2D eigenvalue weighted by Gasteiger charge is 2.53. The zero-order valence-corrected chi connectivity index (χ0v) is 31.0. The van der Waals surface area contributed by atoms with Gasteiger partial charge >= 0.3 is 35.9 Å². The van der Waals surface area contributed by atoms with Crippen molar-refractivity contribution in [2.45, 2.75) is 83.4 Å². The Labute approximate surface area is 317 Å². The summed E-state index contributed by atoms with van der Waals surface area (Å²) in [7, 11) is 0. The second kappa shape index (κ2) is 18.0. The molecule has 3 aromatic rings. The predicted molar refractivity (Wildman–Crippen MR) is 191 cm³/mol. The first-order valence-corrected chi connectivity index (χ1v) is 17.5. The lowest BCUT2D eigenvalue weighted by Crippen LogP contribution is -2.64. The number of benzene rings is 3. The minimum atomic E-state index is -1.96. The number of ether oxygens (including phenoxy) is 8. The molecule has 55 heavy (non-hydrogen) atoms. The van der Waals surface area contributed by atoms with Crippen molar-refractivity contribution in [3.8, 4) is 11.1 Å². The first kappa shape index (κ1) is 40.4. The van der Waals surface area contributed by atoms with Crippen LogP contribution in [0.25, 0.3) is 11.1 Å². The number of amides is 1. The van der Waals surface area contributed by atoms with Crippen molar-refractivity contribution in [3.63, 3.8) is 0 Å². The first-order valence-electron chi connectivity index (χ1n) is 17.5. The van der Waals surface area contributed by atoms with Crippen molar-refractivity contribution in [3.05, 3.63) is 95.6 Å². The number of carbonyl (C=O) groups is 6. The lowest BCUT2D eigenvalue weighted by Gasteiger charge is -2.44. The molecule has 6 atom stereocenters. The van der Waals surface area contributed by atoms with Crippen LogP contribution in [0.15, 0.2) is 78.9 Å². The number of alkyl carbamates (subject to hydrolysis) is 1. The number of hydrogen-bond donors (Lipinski definition) is 1. The Bertz CT molecular complexity index is 1840. The Hall–Kier alpha value is -5.80. The van der Waals surface area contributed by atoms with Crippen LogP contribution in [0.3, 0.4) is 0 Å². The summed E-state index contributed by atoms with van der Waals surface area (Å²) in [6.45, 7) is 4.37. The highest BCUT2D eigenvalue weighted by molar-refractivity contribution is 5.86. The molecule has 1 heterocycles. The summed E-state index contributed by atoms with van der Waals surface area (Å²) in [5, 5.41) is 2.58. The van der Waals surface area contributed by atoms with Gasteiger partial charge in [-0.1, -0.05) is 78.9 Å². The molecule has 0 unspecified atom stereocenters. The largest absolute Gasteiger partial charge is 0.463 e. The molecule has 1 saturated heterocycles. The minimum absolute atomic E-state index is 0.0600. The average molecular weight is 762 g/mol. The van der Waals surface area contributed by atoms with Crippen LogP contribution >= 0.6 is 0 Å². The number of carbonyl (C=O) groups excluding carboxylic acids is 6. The summed E-state index contributed by atoms with van der Waals surface area (Å²) < 4.78 is 44.9. The van der Waals surface area contributed by atoms with Crippen LogP contribution in [0.5, 0.6) is 0 Å². The standard InChI is InChI=1S/C40H43NO14/c1-23(42)48-21-33-34(52-24(2)43)35(53-25(3)44)36(54-26(4)45)37(55-33)51-22-40(5,38(46)49-19-27-13-7-6-8-14-27)41-39(47)50-20-32-30-17-11-9-15-28(30)29-16-10-12-18-31(29)32/h6-18,32-37H,19-22H2,1-5H3,(H,41,47)/t33-,34-,35+,36-,37-,40+/m1/s1. The van der Waals surface area contributed by atoms with Crippen LogP contribution in [-0.4, -0.2) is 92.0 Å². The first-order chi connectivity index (χ1) is 26.3. The van der Waals surface area contributed by atoms with E-state index in [1.165, 1.54) is 6.92 Å². The van der Waals surface area contributed by atoms with E-state index in [1.807, 2.05) is 48.5 Å². The Kier molecular flexibility index (Phi) is 13.2. The van der Waals surface area contributed by atoms with Gasteiger partial charge in [-0.25, -0.2) is 9.59 Å². The predicted octanol–water partition coefficient (Wildman–Crippen LogP) is 4.13. The van der Waals surface area contributed by atoms with Crippen LogP contribution in [0.4, 0.5) is 4.79 Å². The normalized spacial score (nSPS) is 21.1. The van der Waals surface area contributed by atoms with Gasteiger partial charge < -0.3 is 43.2 Å². The maximum Gasteiger partial charge on any atom is 0.408 e. The number of nitrogens with one attached hydrogen (secondary N) is 1. The van der Waals surface area contributed by atoms with E-state index in [-0.39, 0.29) is 19.1 Å². The van der Waals surface area contributed by atoms with Gasteiger partial charge in [0.05, 0.1) is 6.61 Å². The molecule has 1 aliphatic heterocycles. The fourth-order valence-electron chi connectivity index (χ4n) is 6.46. The van der Waals surface area contributed by atoms with E-state index >= 15 is 0 Å². The van der Waals surface area contributed by atoms with Gasteiger partial charge in [0.25, 0.3) is 0 Å². The van der Waals surface area contributed by atoms with E-state index in [4.69, 9.17) is 37.9 Å². The van der Waals surface area contributed by atoms with Crippen LogP contribution in [-0.2, 0) is 68.5 Å². The molecule has 2 aliphatic rings. The third-order valence-electron chi connectivity index (χ3n) is 8.87. The molecule has 0 saturated carbocycles. The van der Waals surface area contributed by atoms with Gasteiger partial charge in [-0.2, -0.15) is 0 Å². The summed E-state index contributed by atoms with van der Waals surface area (Å²) >= 11 is 0. The van der Waals surface area contributed by atoms with Gasteiger partial charge in [-0.15, -0.1) is 0 Å². The van der Waals surface area contributed by atoms with E-state index in [1.54, 1.807) is 30.3 Å². The lowest BCUT2D eigenvalue weighted by molar-refractivity contribution is -0.310. The molecule has 5 rings (SSSR count). The third-order valence-corrected chi connectivity index (χ3v) is 8.87. The summed E-state index contributed by atoms with van der Waals surface area (Å²) in [6, 6.07) is 24.4. The number of esters is 5. The average Bonchev–Trinajstić information content (AvgIpc) is 3.46. The second-order valence-corrected chi connectivity index (χ2v) is 13.2. The second-order valence-electron chi connectivity index (χ2n) is 13.2. The molecule has 0 bridgehead atoms. The van der Waals surface area contributed by atoms with Gasteiger partial charge in [0.1, 0.15) is 25.9 Å². The smallest absolute Gasteiger partial charge is 0.408 e. The Morgan fingerprint density at radius 3 is 1.76 bits per heavy atom. The highest BCUT2D eigenvalue weighted by Crippen LogP contribution is 2.44. The third kappa shape index (κ3) is 10.2. The summed E-state index contributed by atoms with van der Waals surface area (Å²) in [6.07, 6.45) is -8.42. The number of hydrogen-bond acceptors (Lipinski definition) is 14. The summed E-state index contributed by atoms with van der Waals surface area (Å²) in [5.41, 5.74) is 2.72. The van der Waals surface area contributed by atoms with E-state index in [0.717, 1.165) is 49.9 Å². The molecule has 1 fully saturated rings. The van der Waals surface area contributed by atoms with E-state index < -0.39 is 85.4 Å². The van der Waals surface area contributed by atoms with Gasteiger partial charge in [0, 0.05) is 33.6 Å². The molecule has 0 aromatic heterocycles. The van der Waals surface area contributed by atoms with E-state index in [0.29, 0.717) is 5.56 Å². The molecule has 1 aliphatic carbocycles. The molecule has 0 spiro atoms. The molecular formula is C40H43NO14. The molecule has 3 aromatic carbocycles. The Morgan fingerprint density at radius 1 is 0.636 bits per heavy atom. The van der Waals surface area contributed by atoms with Crippen molar-refractivity contribution >= 4 is 35.9 Å². The minimum Gasteiger partial charge on any atom is -0.463 e. The molecule has 1 amide bonds. The van der Waals surface area contributed by atoms with E-state index in [9.17, 15) is 28.8 Å². The van der Waals surface area contributed by atoms with Gasteiger partial charge in [-0.3, -0.25) is 19.2 Å². The van der Waals surface area contributed by atoms with Crippen LogP contribution in [0.1, 0.15) is 57.2 Å². The lowest BCUT2D eigenvalue weighted by atomic mass is 9.97. The van der Waals surface area contributed by atoms with Crippen LogP contribution in [0.2, 0.25) is 0 Å². The Balaban J connectivity index is 1.39. The van der Waals surface area contributed by atoms with Crippen molar-refractivity contribution < 1.29 is 66.7 Å². The highest BCUT2D eigenvalue weighted by atomic mass is 16.7. The quantitative estimate of drug-likeness (QED) is 0.182. The van der Waals surface area contributed by atoms with Crippen molar-refractivity contribution in [2.24, 2.45) is 0 Å². The van der Waals surface area contributed by atoms with Crippen molar-refractivity contribution in [2.75, 3.05) is 19.8 Å². The molecular weight excluding hydrogens is 718 g/mol. The monoisotopic (exact) mass is 761 g/mol. The fourth-order valence-corrected chi connectivity index (χ4v) is 6.46. The topological polar surface area (TPSA) is 188 Å². The molecule has 15 heteroatoms. The molecule has 1 N–H and O–H groups in total. The summed E-state index contributed by atoms with van der Waals surface area (Å²) in [5.74, 6) is -4.38. The maximum absolute atomic E-state index is 13.8. The summed E-state index contributed by atoms with van der Waals surface area (Å²) in [4.78, 5) is 75.9. The zero-order valence-electron chi connectivity index (χ0n) is 31.0.